The van der Waals surface area contributed by atoms with E-state index in [-0.39, 0.29) is 35.9 Å². The number of carboxylic acid groups (broad SMARTS) is 1. The largest absolute Gasteiger partial charge is 0.481 e. The van der Waals surface area contributed by atoms with Gasteiger partial charge in [-0.3, -0.25) is 9.59 Å². The van der Waals surface area contributed by atoms with Crippen molar-refractivity contribution in [2.75, 3.05) is 0 Å². The highest BCUT2D eigenvalue weighted by Crippen LogP contribution is 2.63. The molecular weight excluding hydrogens is 283 g/mol. The first kappa shape index (κ1) is 13.9. The standard InChI is InChI=1S/C18H19FO3/c19-15-3-1-12(2-4-15)18(9-16(20)21)13-5-10-6-14(18)8-11(7-13)17(10)22/h1-4,10-11,13-14H,5-9H2,(H,20,21). The van der Waals surface area contributed by atoms with Gasteiger partial charge in [0.25, 0.3) is 0 Å². The minimum absolute atomic E-state index is 0.0849. The normalized spacial score (nSPS) is 39.2. The monoisotopic (exact) mass is 302 g/mol. The molecule has 0 saturated heterocycles. The number of hydrogen-bond donors (Lipinski definition) is 1. The van der Waals surface area contributed by atoms with Crippen LogP contribution in [-0.2, 0) is 15.0 Å². The Hall–Kier alpha value is -1.71. The van der Waals surface area contributed by atoms with Crippen molar-refractivity contribution in [2.24, 2.45) is 23.7 Å². The highest BCUT2D eigenvalue weighted by molar-refractivity contribution is 5.86. The molecule has 0 atom stereocenters. The SMILES string of the molecule is O=C(O)CC1(c2ccc(F)cc2)C2CC3CC1CC(C2)C3=O. The molecule has 0 unspecified atom stereocenters. The summed E-state index contributed by atoms with van der Waals surface area (Å²) in [6.07, 6.45) is 3.29. The van der Waals surface area contributed by atoms with Crippen LogP contribution in [-0.4, -0.2) is 16.9 Å². The van der Waals surface area contributed by atoms with E-state index < -0.39 is 11.4 Å². The molecule has 0 aromatic heterocycles. The van der Waals surface area contributed by atoms with Gasteiger partial charge in [-0.2, -0.15) is 0 Å². The lowest BCUT2D eigenvalue weighted by atomic mass is 9.42. The fourth-order valence-corrected chi connectivity index (χ4v) is 5.60. The summed E-state index contributed by atoms with van der Waals surface area (Å²) in [7, 11) is 0. The zero-order valence-corrected chi connectivity index (χ0v) is 12.3. The molecule has 4 fully saturated rings. The third-order valence-corrected chi connectivity index (χ3v) is 6.36. The van der Waals surface area contributed by atoms with Gasteiger partial charge in [0.1, 0.15) is 11.6 Å². The second kappa shape index (κ2) is 4.64. The van der Waals surface area contributed by atoms with Gasteiger partial charge in [-0.05, 0) is 55.2 Å². The molecule has 3 nitrogen and oxygen atoms in total. The van der Waals surface area contributed by atoms with Gasteiger partial charge in [-0.1, -0.05) is 12.1 Å². The molecule has 4 heteroatoms. The van der Waals surface area contributed by atoms with E-state index in [0.29, 0.717) is 5.78 Å². The molecule has 0 heterocycles. The van der Waals surface area contributed by atoms with E-state index in [1.54, 1.807) is 12.1 Å². The minimum atomic E-state index is -0.803. The van der Waals surface area contributed by atoms with Gasteiger partial charge in [0.05, 0.1) is 6.42 Å². The van der Waals surface area contributed by atoms with Crippen molar-refractivity contribution in [3.63, 3.8) is 0 Å². The van der Waals surface area contributed by atoms with Crippen molar-refractivity contribution in [3.05, 3.63) is 35.6 Å². The summed E-state index contributed by atoms with van der Waals surface area (Å²) in [5.74, 6) is 0.0186. The average molecular weight is 302 g/mol. The summed E-state index contributed by atoms with van der Waals surface area (Å²) in [4.78, 5) is 23.8. The fourth-order valence-electron chi connectivity index (χ4n) is 5.60. The van der Waals surface area contributed by atoms with E-state index in [2.05, 4.69) is 0 Å². The molecule has 0 spiro atoms. The van der Waals surface area contributed by atoms with Crippen molar-refractivity contribution in [1.82, 2.24) is 0 Å². The van der Waals surface area contributed by atoms with Crippen LogP contribution >= 0.6 is 0 Å². The van der Waals surface area contributed by atoms with Gasteiger partial charge in [-0.25, -0.2) is 4.39 Å². The lowest BCUT2D eigenvalue weighted by molar-refractivity contribution is -0.153. The molecule has 4 aliphatic carbocycles. The number of Topliss-reactive ketones (excluding diaryl/α,β-unsaturated/α-hetero) is 1. The fraction of sp³-hybridized carbons (Fsp3) is 0.556. The molecule has 5 rings (SSSR count). The van der Waals surface area contributed by atoms with Crippen molar-refractivity contribution < 1.29 is 19.1 Å². The Morgan fingerprint density at radius 3 is 2.05 bits per heavy atom. The van der Waals surface area contributed by atoms with Crippen LogP contribution < -0.4 is 0 Å². The van der Waals surface area contributed by atoms with Crippen LogP contribution in [0.25, 0.3) is 0 Å². The van der Waals surface area contributed by atoms with Gasteiger partial charge in [0, 0.05) is 17.3 Å². The van der Waals surface area contributed by atoms with E-state index in [1.165, 1.54) is 12.1 Å². The first-order valence-corrected chi connectivity index (χ1v) is 8.02. The summed E-state index contributed by atoms with van der Waals surface area (Å²) in [6.45, 7) is 0. The number of carboxylic acids is 1. The summed E-state index contributed by atoms with van der Waals surface area (Å²) >= 11 is 0. The van der Waals surface area contributed by atoms with Crippen LogP contribution in [0.5, 0.6) is 0 Å². The number of hydrogen-bond acceptors (Lipinski definition) is 2. The number of benzene rings is 1. The van der Waals surface area contributed by atoms with Crippen LogP contribution in [0.1, 0.15) is 37.7 Å². The number of aliphatic carboxylic acids is 1. The second-order valence-corrected chi connectivity index (χ2v) is 7.25. The predicted octanol–water partition coefficient (Wildman–Crippen LogP) is 3.17. The van der Waals surface area contributed by atoms with Crippen molar-refractivity contribution in [2.45, 2.75) is 37.5 Å². The van der Waals surface area contributed by atoms with Gasteiger partial charge >= 0.3 is 5.97 Å². The molecule has 116 valence electrons. The molecule has 1 aromatic carbocycles. The second-order valence-electron chi connectivity index (χ2n) is 7.25. The number of ketones is 1. The topological polar surface area (TPSA) is 54.4 Å². The predicted molar refractivity (Wildman–Crippen MR) is 77.8 cm³/mol. The number of rotatable bonds is 3. The Kier molecular flexibility index (Phi) is 2.94. The van der Waals surface area contributed by atoms with E-state index in [9.17, 15) is 19.1 Å². The highest BCUT2D eigenvalue weighted by atomic mass is 19.1. The summed E-state index contributed by atoms with van der Waals surface area (Å²) in [5.41, 5.74) is 0.519. The maximum absolute atomic E-state index is 13.3. The Labute approximate surface area is 128 Å². The smallest absolute Gasteiger partial charge is 0.304 e. The average Bonchev–Trinajstić information content (AvgIpc) is 2.45. The molecule has 4 aliphatic rings. The summed E-state index contributed by atoms with van der Waals surface area (Å²) in [5, 5.41) is 9.49. The lowest BCUT2D eigenvalue weighted by Gasteiger charge is -2.60. The van der Waals surface area contributed by atoms with Crippen molar-refractivity contribution in [3.8, 4) is 0 Å². The van der Waals surface area contributed by atoms with Crippen LogP contribution in [0.2, 0.25) is 0 Å². The molecule has 4 bridgehead atoms. The Balaban J connectivity index is 1.81. The van der Waals surface area contributed by atoms with Crippen LogP contribution in [0.15, 0.2) is 24.3 Å². The quantitative estimate of drug-likeness (QED) is 0.933. The van der Waals surface area contributed by atoms with Crippen LogP contribution in [0.4, 0.5) is 4.39 Å². The molecule has 0 aliphatic heterocycles. The molecule has 1 N–H and O–H groups in total. The maximum Gasteiger partial charge on any atom is 0.304 e. The van der Waals surface area contributed by atoms with E-state index >= 15 is 0 Å². The van der Waals surface area contributed by atoms with Crippen LogP contribution in [0.3, 0.4) is 0 Å². The Morgan fingerprint density at radius 2 is 1.59 bits per heavy atom. The third kappa shape index (κ3) is 1.79. The van der Waals surface area contributed by atoms with Gasteiger partial charge in [0.15, 0.2) is 0 Å². The molecule has 22 heavy (non-hydrogen) atoms. The van der Waals surface area contributed by atoms with E-state index in [4.69, 9.17) is 0 Å². The molecule has 0 radical (unpaired) electrons. The molecule has 1 aromatic rings. The van der Waals surface area contributed by atoms with E-state index in [0.717, 1.165) is 31.2 Å². The van der Waals surface area contributed by atoms with Crippen molar-refractivity contribution in [1.29, 1.82) is 0 Å². The zero-order valence-electron chi connectivity index (χ0n) is 12.3. The molecule has 0 amide bonds. The maximum atomic E-state index is 13.3. The number of halogens is 1. The number of carbonyl (C=O) groups is 2. The summed E-state index contributed by atoms with van der Waals surface area (Å²) in [6, 6.07) is 6.36. The minimum Gasteiger partial charge on any atom is -0.481 e. The van der Waals surface area contributed by atoms with Gasteiger partial charge < -0.3 is 5.11 Å². The third-order valence-electron chi connectivity index (χ3n) is 6.36. The Morgan fingerprint density at radius 1 is 1.09 bits per heavy atom. The zero-order chi connectivity index (χ0) is 15.5. The molecular formula is C18H19FO3. The Bertz CT molecular complexity index is 602. The van der Waals surface area contributed by atoms with E-state index in [1.807, 2.05) is 0 Å². The van der Waals surface area contributed by atoms with Crippen molar-refractivity contribution >= 4 is 11.8 Å². The lowest BCUT2D eigenvalue weighted by Crippen LogP contribution is -2.59. The van der Waals surface area contributed by atoms with Gasteiger partial charge in [0.2, 0.25) is 0 Å². The van der Waals surface area contributed by atoms with Gasteiger partial charge in [-0.15, -0.1) is 0 Å². The van der Waals surface area contributed by atoms with Crippen LogP contribution in [0, 0.1) is 29.5 Å². The summed E-state index contributed by atoms with van der Waals surface area (Å²) < 4.78 is 13.3. The first-order chi connectivity index (χ1) is 10.5. The first-order valence-electron chi connectivity index (χ1n) is 8.02. The number of carbonyl (C=O) groups excluding carboxylic acids is 1. The molecule has 4 saturated carbocycles. The highest BCUT2D eigenvalue weighted by Gasteiger charge is 2.61.